The number of aryl methyl sites for hydroxylation is 1. The molecule has 1 atom stereocenters. The van der Waals surface area contributed by atoms with E-state index in [1.807, 2.05) is 61.5 Å². The molecule has 1 aliphatic rings. The quantitative estimate of drug-likeness (QED) is 0.623. The fourth-order valence-electron chi connectivity index (χ4n) is 3.84. The maximum atomic E-state index is 13.4. The van der Waals surface area contributed by atoms with Crippen molar-refractivity contribution in [2.45, 2.75) is 39.0 Å². The van der Waals surface area contributed by atoms with Gasteiger partial charge in [-0.25, -0.2) is 4.79 Å². The van der Waals surface area contributed by atoms with E-state index in [9.17, 15) is 19.5 Å². The molecule has 0 fully saturated rings. The number of aromatic nitrogens is 2. The molecule has 4 rings (SSSR count). The molecule has 1 unspecified atom stereocenters. The first-order valence-corrected chi connectivity index (χ1v) is 10.3. The molecule has 2 N–H and O–H groups in total. The second-order valence-corrected chi connectivity index (χ2v) is 8.20. The number of carboxylic acid groups (broad SMARTS) is 1. The summed E-state index contributed by atoms with van der Waals surface area (Å²) in [5, 5.41) is 16.3. The van der Waals surface area contributed by atoms with Gasteiger partial charge in [0.15, 0.2) is 5.69 Å². The predicted octanol–water partition coefficient (Wildman–Crippen LogP) is 2.62. The molecule has 2 heterocycles. The lowest BCUT2D eigenvalue weighted by Gasteiger charge is -2.43. The molecule has 164 valence electrons. The standard InChI is InChI=1S/C24H24N4O4/c1-16-8-10-18(11-9-16)14-27-21(29)20-12-19(22(30)31)26-28(20)15-24(27,2)23(32)25-13-17-6-4-3-5-7-17/h3-12H,13-15H2,1-2H3,(H,25,32)(H,30,31). The first-order valence-electron chi connectivity index (χ1n) is 10.3. The third-order valence-corrected chi connectivity index (χ3v) is 5.76. The number of rotatable bonds is 6. The van der Waals surface area contributed by atoms with Crippen LogP contribution in [0.4, 0.5) is 0 Å². The number of fused-ring (bicyclic) bond motifs is 1. The predicted molar refractivity (Wildman–Crippen MR) is 117 cm³/mol. The molecule has 2 aromatic carbocycles. The van der Waals surface area contributed by atoms with Crippen molar-refractivity contribution in [3.05, 3.63) is 88.7 Å². The van der Waals surface area contributed by atoms with Crippen molar-refractivity contribution in [2.24, 2.45) is 0 Å². The van der Waals surface area contributed by atoms with Gasteiger partial charge in [-0.2, -0.15) is 5.10 Å². The van der Waals surface area contributed by atoms with Crippen molar-refractivity contribution in [1.82, 2.24) is 20.0 Å². The molecule has 0 saturated heterocycles. The van der Waals surface area contributed by atoms with Crippen LogP contribution in [0.5, 0.6) is 0 Å². The van der Waals surface area contributed by atoms with Crippen LogP contribution in [-0.2, 0) is 24.4 Å². The van der Waals surface area contributed by atoms with E-state index in [4.69, 9.17) is 0 Å². The highest BCUT2D eigenvalue weighted by molar-refractivity contribution is 6.01. The third-order valence-electron chi connectivity index (χ3n) is 5.76. The smallest absolute Gasteiger partial charge is 0.356 e. The Balaban J connectivity index is 1.68. The Kier molecular flexibility index (Phi) is 5.52. The number of nitrogens with one attached hydrogen (secondary N) is 1. The normalized spacial score (nSPS) is 17.7. The highest BCUT2D eigenvalue weighted by Crippen LogP contribution is 2.29. The Morgan fingerprint density at radius 2 is 1.78 bits per heavy atom. The monoisotopic (exact) mass is 432 g/mol. The van der Waals surface area contributed by atoms with E-state index >= 15 is 0 Å². The number of carbonyl (C=O) groups excluding carboxylic acids is 2. The minimum Gasteiger partial charge on any atom is -0.476 e. The molecule has 0 spiro atoms. The van der Waals surface area contributed by atoms with E-state index in [0.29, 0.717) is 6.54 Å². The summed E-state index contributed by atoms with van der Waals surface area (Å²) in [6.07, 6.45) is 0. The van der Waals surface area contributed by atoms with Gasteiger partial charge in [0.05, 0.1) is 6.54 Å². The molecule has 2 amide bonds. The summed E-state index contributed by atoms with van der Waals surface area (Å²) in [4.78, 5) is 39.7. The van der Waals surface area contributed by atoms with E-state index in [0.717, 1.165) is 16.7 Å². The minimum absolute atomic E-state index is 0.0494. The second-order valence-electron chi connectivity index (χ2n) is 8.20. The lowest BCUT2D eigenvalue weighted by molar-refractivity contribution is -0.133. The van der Waals surface area contributed by atoms with E-state index < -0.39 is 17.4 Å². The zero-order valence-electron chi connectivity index (χ0n) is 17.9. The van der Waals surface area contributed by atoms with E-state index in [1.54, 1.807) is 6.92 Å². The van der Waals surface area contributed by atoms with Crippen LogP contribution in [0.2, 0.25) is 0 Å². The summed E-state index contributed by atoms with van der Waals surface area (Å²) in [5.41, 5.74) is 1.57. The van der Waals surface area contributed by atoms with Crippen molar-refractivity contribution in [3.63, 3.8) is 0 Å². The molecule has 8 nitrogen and oxygen atoms in total. The Morgan fingerprint density at radius 1 is 1.09 bits per heavy atom. The number of hydrogen-bond donors (Lipinski definition) is 2. The van der Waals surface area contributed by atoms with Crippen molar-refractivity contribution >= 4 is 17.8 Å². The molecular formula is C24H24N4O4. The number of carbonyl (C=O) groups is 3. The summed E-state index contributed by atoms with van der Waals surface area (Å²) in [6, 6.07) is 18.5. The molecule has 0 aliphatic carbocycles. The van der Waals surface area contributed by atoms with Crippen LogP contribution in [0.3, 0.4) is 0 Å². The molecule has 0 radical (unpaired) electrons. The summed E-state index contributed by atoms with van der Waals surface area (Å²) in [7, 11) is 0. The Morgan fingerprint density at radius 3 is 2.44 bits per heavy atom. The topological polar surface area (TPSA) is 105 Å². The molecular weight excluding hydrogens is 408 g/mol. The maximum absolute atomic E-state index is 13.4. The van der Waals surface area contributed by atoms with Gasteiger partial charge in [0.2, 0.25) is 5.91 Å². The highest BCUT2D eigenvalue weighted by atomic mass is 16.4. The second kappa shape index (κ2) is 8.30. The Hall–Kier alpha value is -3.94. The number of carboxylic acids is 1. The molecule has 0 bridgehead atoms. The highest BCUT2D eigenvalue weighted by Gasteiger charge is 2.48. The van der Waals surface area contributed by atoms with Crippen LogP contribution in [-0.4, -0.2) is 43.1 Å². The lowest BCUT2D eigenvalue weighted by atomic mass is 9.94. The number of benzene rings is 2. The largest absolute Gasteiger partial charge is 0.476 e. The van der Waals surface area contributed by atoms with Crippen LogP contribution < -0.4 is 5.32 Å². The number of aromatic carboxylic acids is 1. The van der Waals surface area contributed by atoms with Gasteiger partial charge in [-0.3, -0.25) is 14.3 Å². The van der Waals surface area contributed by atoms with Gasteiger partial charge >= 0.3 is 5.97 Å². The van der Waals surface area contributed by atoms with E-state index in [1.165, 1.54) is 15.6 Å². The molecule has 0 saturated carbocycles. The van der Waals surface area contributed by atoms with Crippen LogP contribution in [0.1, 0.15) is 44.6 Å². The SMILES string of the molecule is Cc1ccc(CN2C(=O)c3cc(C(=O)O)nn3CC2(C)C(=O)NCc2ccccc2)cc1. The maximum Gasteiger partial charge on any atom is 0.356 e. The van der Waals surface area contributed by atoms with Crippen molar-refractivity contribution in [1.29, 1.82) is 0 Å². The fourth-order valence-corrected chi connectivity index (χ4v) is 3.84. The third kappa shape index (κ3) is 3.99. The van der Waals surface area contributed by atoms with Gasteiger partial charge in [0, 0.05) is 19.2 Å². The Bertz CT molecular complexity index is 1170. The van der Waals surface area contributed by atoms with E-state index in [2.05, 4.69) is 10.4 Å². The van der Waals surface area contributed by atoms with Gasteiger partial charge in [-0.1, -0.05) is 60.2 Å². The van der Waals surface area contributed by atoms with Gasteiger partial charge in [-0.05, 0) is 25.0 Å². The number of nitrogens with zero attached hydrogens (tertiary/aromatic N) is 3. The summed E-state index contributed by atoms with van der Waals surface area (Å²) in [6.45, 7) is 4.23. The molecule has 1 aromatic heterocycles. The first kappa shape index (κ1) is 21.3. The van der Waals surface area contributed by atoms with Crippen LogP contribution in [0, 0.1) is 6.92 Å². The average molecular weight is 432 g/mol. The summed E-state index contributed by atoms with van der Waals surface area (Å²) >= 11 is 0. The number of hydrogen-bond acceptors (Lipinski definition) is 4. The lowest BCUT2D eigenvalue weighted by Crippen LogP contribution is -2.63. The zero-order chi connectivity index (χ0) is 22.9. The molecule has 8 heteroatoms. The molecule has 32 heavy (non-hydrogen) atoms. The van der Waals surface area contributed by atoms with E-state index in [-0.39, 0.29) is 30.4 Å². The fraction of sp³-hybridized carbons (Fsp3) is 0.250. The van der Waals surface area contributed by atoms with Gasteiger partial charge in [0.1, 0.15) is 11.2 Å². The zero-order valence-corrected chi connectivity index (χ0v) is 17.9. The van der Waals surface area contributed by atoms with Gasteiger partial charge in [-0.15, -0.1) is 0 Å². The molecule has 1 aliphatic heterocycles. The van der Waals surface area contributed by atoms with Crippen molar-refractivity contribution < 1.29 is 19.5 Å². The summed E-state index contributed by atoms with van der Waals surface area (Å²) in [5.74, 6) is -1.99. The van der Waals surface area contributed by atoms with Crippen LogP contribution in [0.15, 0.2) is 60.7 Å². The van der Waals surface area contributed by atoms with Gasteiger partial charge < -0.3 is 15.3 Å². The van der Waals surface area contributed by atoms with Crippen LogP contribution in [0.25, 0.3) is 0 Å². The van der Waals surface area contributed by atoms with Crippen molar-refractivity contribution in [2.75, 3.05) is 0 Å². The minimum atomic E-state index is -1.26. The Labute approximate surface area is 185 Å². The average Bonchev–Trinajstić information content (AvgIpc) is 3.21. The van der Waals surface area contributed by atoms with Crippen LogP contribution >= 0.6 is 0 Å². The van der Waals surface area contributed by atoms with Crippen molar-refractivity contribution in [3.8, 4) is 0 Å². The number of amides is 2. The summed E-state index contributed by atoms with van der Waals surface area (Å²) < 4.78 is 1.32. The first-order chi connectivity index (χ1) is 15.3. The molecule has 3 aromatic rings. The van der Waals surface area contributed by atoms with Gasteiger partial charge in [0.25, 0.3) is 5.91 Å².